The normalized spacial score (nSPS) is 21.7. The first-order valence-electron chi connectivity index (χ1n) is 9.88. The molecule has 2 aliphatic rings. The van der Waals surface area contributed by atoms with E-state index in [0.29, 0.717) is 34.6 Å². The number of aryl methyl sites for hydroxylation is 1. The molecule has 5 rings (SSSR count). The standard InChI is InChI=1S/C21H18FN7O2S/c1-10-13-5-11(22)3-4-17(13)32-12(7-18(30)28-32)6-14-19(16(8-23)29(2)27-14)15-9-25-20(24)21(26-15)31-10/h3-5,9-10,12H,6-7H2,1-2H3,(H2,24,25). The minimum Gasteiger partial charge on any atom is -0.467 e. The van der Waals surface area contributed by atoms with Gasteiger partial charge in [0.1, 0.15) is 23.7 Å². The first-order chi connectivity index (χ1) is 15.4. The van der Waals surface area contributed by atoms with E-state index in [4.69, 9.17) is 10.5 Å². The molecule has 0 spiro atoms. The van der Waals surface area contributed by atoms with Crippen molar-refractivity contribution in [1.29, 1.82) is 5.26 Å². The summed E-state index contributed by atoms with van der Waals surface area (Å²) in [5.41, 5.74) is 8.43. The number of benzene rings is 1. The first kappa shape index (κ1) is 20.3. The maximum atomic E-state index is 14.2. The Bertz CT molecular complexity index is 1360. The molecule has 3 aromatic rings. The molecule has 1 amide bonds. The monoisotopic (exact) mass is 451 g/mol. The van der Waals surface area contributed by atoms with E-state index in [2.05, 4.69) is 25.5 Å². The summed E-state index contributed by atoms with van der Waals surface area (Å²) >= 11 is 0. The van der Waals surface area contributed by atoms with E-state index in [9.17, 15) is 14.4 Å². The molecule has 0 radical (unpaired) electrons. The summed E-state index contributed by atoms with van der Waals surface area (Å²) in [6, 6.07) is 6.57. The van der Waals surface area contributed by atoms with Gasteiger partial charge < -0.3 is 10.5 Å². The van der Waals surface area contributed by atoms with Gasteiger partial charge in [-0.15, -0.1) is 0 Å². The van der Waals surface area contributed by atoms with Crippen LogP contribution in [0.15, 0.2) is 33.7 Å². The molecule has 2 aliphatic heterocycles. The number of fused-ring (bicyclic) bond motifs is 7. The third-order valence-electron chi connectivity index (χ3n) is 5.51. The highest BCUT2D eigenvalue weighted by molar-refractivity contribution is 7.88. The van der Waals surface area contributed by atoms with Gasteiger partial charge in [0.25, 0.3) is 11.8 Å². The van der Waals surface area contributed by atoms with E-state index in [1.54, 1.807) is 20.0 Å². The molecule has 2 N–H and O–H groups in total. The Balaban J connectivity index is 1.79. The number of nitrogens with two attached hydrogens (primary N) is 1. The van der Waals surface area contributed by atoms with Crippen LogP contribution in [0.1, 0.15) is 36.4 Å². The van der Waals surface area contributed by atoms with Gasteiger partial charge in [0.15, 0.2) is 5.82 Å². The van der Waals surface area contributed by atoms with Crippen LogP contribution in [0.3, 0.4) is 0 Å². The molecular weight excluding hydrogens is 433 g/mol. The minimum absolute atomic E-state index is 0.0700. The minimum atomic E-state index is -0.826. The number of anilines is 1. The molecule has 3 unspecified atom stereocenters. The zero-order chi connectivity index (χ0) is 22.6. The van der Waals surface area contributed by atoms with Gasteiger partial charge in [0.2, 0.25) is 0 Å². The predicted octanol–water partition coefficient (Wildman–Crippen LogP) is 2.63. The van der Waals surface area contributed by atoms with Gasteiger partial charge >= 0.3 is 0 Å². The lowest BCUT2D eigenvalue weighted by molar-refractivity contribution is -0.117. The topological polar surface area (TPSA) is 132 Å². The van der Waals surface area contributed by atoms with Crippen molar-refractivity contribution in [2.45, 2.75) is 36.0 Å². The molecule has 2 bridgehead atoms. The van der Waals surface area contributed by atoms with Crippen molar-refractivity contribution in [3.8, 4) is 23.2 Å². The number of nitrogen functional groups attached to an aromatic ring is 1. The molecule has 9 nitrogen and oxygen atoms in total. The maximum absolute atomic E-state index is 14.2. The molecule has 4 heterocycles. The molecule has 1 aromatic carbocycles. The van der Waals surface area contributed by atoms with E-state index in [0.717, 1.165) is 4.90 Å². The number of carbonyl (C=O) groups excluding carboxylic acids is 1. The fourth-order valence-corrected chi connectivity index (χ4v) is 6.25. The molecule has 0 saturated carbocycles. The van der Waals surface area contributed by atoms with Crippen molar-refractivity contribution in [3.63, 3.8) is 0 Å². The van der Waals surface area contributed by atoms with Gasteiger partial charge in [-0.25, -0.2) is 14.4 Å². The summed E-state index contributed by atoms with van der Waals surface area (Å²) in [5, 5.41) is 14.1. The van der Waals surface area contributed by atoms with Gasteiger partial charge in [0.05, 0.1) is 23.1 Å². The summed E-state index contributed by atoms with van der Waals surface area (Å²) < 4.78 is 26.1. The number of carbonyl (C=O) groups is 1. The summed E-state index contributed by atoms with van der Waals surface area (Å²) in [5.74, 6) is -0.487. The van der Waals surface area contributed by atoms with Crippen LogP contribution in [-0.4, -0.2) is 30.9 Å². The van der Waals surface area contributed by atoms with Gasteiger partial charge in [0, 0.05) is 35.6 Å². The third-order valence-corrected chi connectivity index (χ3v) is 7.70. The Morgan fingerprint density at radius 3 is 2.97 bits per heavy atom. The van der Waals surface area contributed by atoms with E-state index in [-0.39, 0.29) is 29.3 Å². The quantitative estimate of drug-likeness (QED) is 0.555. The van der Waals surface area contributed by atoms with Crippen LogP contribution in [0.25, 0.3) is 11.3 Å². The molecule has 162 valence electrons. The third kappa shape index (κ3) is 3.23. The van der Waals surface area contributed by atoms with Crippen molar-refractivity contribution in [3.05, 3.63) is 47.2 Å². The van der Waals surface area contributed by atoms with E-state index in [1.807, 2.05) is 0 Å². The number of aromatic nitrogens is 4. The lowest BCUT2D eigenvalue weighted by Gasteiger charge is -2.22. The Kier molecular flexibility index (Phi) is 4.74. The zero-order valence-electron chi connectivity index (χ0n) is 17.2. The van der Waals surface area contributed by atoms with Crippen LogP contribution in [0.5, 0.6) is 5.88 Å². The van der Waals surface area contributed by atoms with Crippen LogP contribution in [0.2, 0.25) is 0 Å². The summed E-state index contributed by atoms with van der Waals surface area (Å²) in [6.45, 7) is 1.75. The van der Waals surface area contributed by atoms with Crippen LogP contribution in [0, 0.1) is 17.1 Å². The molecule has 32 heavy (non-hydrogen) atoms. The maximum Gasteiger partial charge on any atom is 0.258 e. The highest BCUT2D eigenvalue weighted by Gasteiger charge is 2.33. The molecule has 0 fully saturated rings. The lowest BCUT2D eigenvalue weighted by Crippen LogP contribution is -2.19. The number of amides is 1. The molecule has 0 aliphatic carbocycles. The average molecular weight is 451 g/mol. The fourth-order valence-electron chi connectivity index (χ4n) is 4.06. The van der Waals surface area contributed by atoms with Gasteiger partial charge in [-0.3, -0.25) is 9.48 Å². The highest BCUT2D eigenvalue weighted by Crippen LogP contribution is 2.37. The lowest BCUT2D eigenvalue weighted by atomic mass is 10.0. The van der Waals surface area contributed by atoms with Crippen LogP contribution >= 0.6 is 0 Å². The Labute approximate surface area is 185 Å². The van der Waals surface area contributed by atoms with Crippen LogP contribution in [0.4, 0.5) is 10.2 Å². The second-order valence-corrected chi connectivity index (χ2v) is 9.54. The van der Waals surface area contributed by atoms with Crippen molar-refractivity contribution < 1.29 is 13.9 Å². The number of nitriles is 1. The second kappa shape index (κ2) is 7.49. The van der Waals surface area contributed by atoms with Crippen molar-refractivity contribution in [2.24, 2.45) is 11.4 Å². The summed E-state index contributed by atoms with van der Waals surface area (Å²) in [4.78, 5) is 21.8. The Hall–Kier alpha value is -3.65. The predicted molar refractivity (Wildman–Crippen MR) is 114 cm³/mol. The fraction of sp³-hybridized carbons (Fsp3) is 0.286. The van der Waals surface area contributed by atoms with Gasteiger partial charge in [-0.05, 0) is 25.1 Å². The van der Waals surface area contributed by atoms with E-state index in [1.165, 1.54) is 23.0 Å². The van der Waals surface area contributed by atoms with Crippen molar-refractivity contribution in [2.75, 3.05) is 5.73 Å². The molecule has 0 saturated heterocycles. The number of ether oxygens (including phenoxy) is 1. The number of rotatable bonds is 0. The Morgan fingerprint density at radius 1 is 1.38 bits per heavy atom. The smallest absolute Gasteiger partial charge is 0.258 e. The van der Waals surface area contributed by atoms with Crippen molar-refractivity contribution >= 4 is 22.4 Å². The summed E-state index contributed by atoms with van der Waals surface area (Å²) in [6.07, 6.45) is 1.48. The first-order valence-corrected chi connectivity index (χ1v) is 11.1. The zero-order valence-corrected chi connectivity index (χ0v) is 18.1. The molecule has 3 atom stereocenters. The SMILES string of the molecule is CC1Oc2nc(cnc2N)-c2c(nn(C)c2C#N)CC2CC(=O)N=S2c2ccc(F)cc21. The number of nitrogens with zero attached hydrogens (tertiary/aromatic N) is 6. The number of halogens is 1. The summed E-state index contributed by atoms with van der Waals surface area (Å²) in [7, 11) is 0.851. The van der Waals surface area contributed by atoms with Gasteiger partial charge in [-0.1, -0.05) is 10.7 Å². The van der Waals surface area contributed by atoms with E-state index < -0.39 is 22.6 Å². The number of hydrogen-bond acceptors (Lipinski definition) is 7. The van der Waals surface area contributed by atoms with Crippen LogP contribution in [-0.2, 0) is 29.0 Å². The van der Waals surface area contributed by atoms with Crippen LogP contribution < -0.4 is 10.5 Å². The second-order valence-electron chi connectivity index (χ2n) is 7.62. The largest absolute Gasteiger partial charge is 0.467 e. The average Bonchev–Trinajstić information content (AvgIpc) is 3.27. The highest BCUT2D eigenvalue weighted by atomic mass is 32.2. The van der Waals surface area contributed by atoms with E-state index >= 15 is 0 Å². The van der Waals surface area contributed by atoms with Gasteiger partial charge in [-0.2, -0.15) is 14.7 Å². The van der Waals surface area contributed by atoms with Crippen molar-refractivity contribution in [1.82, 2.24) is 19.7 Å². The Morgan fingerprint density at radius 2 is 2.19 bits per heavy atom. The number of hydrogen-bond donors (Lipinski definition) is 1. The molecular formula is C21H18FN7O2S. The molecule has 2 aromatic heterocycles. The molecule has 11 heteroatoms.